The van der Waals surface area contributed by atoms with Gasteiger partial charge >= 0.3 is 5.97 Å². The van der Waals surface area contributed by atoms with Crippen LogP contribution in [0.25, 0.3) is 0 Å². The summed E-state index contributed by atoms with van der Waals surface area (Å²) in [7, 11) is 0. The van der Waals surface area contributed by atoms with E-state index in [0.29, 0.717) is 19.6 Å². The monoisotopic (exact) mass is 275 g/mol. The Labute approximate surface area is 117 Å². The van der Waals surface area contributed by atoms with Crippen LogP contribution in [0.2, 0.25) is 0 Å². The molecule has 100 valence electrons. The molecule has 0 saturated carbocycles. The summed E-state index contributed by atoms with van der Waals surface area (Å²) in [5.74, 6) is -0.153. The maximum atomic E-state index is 11.5. The van der Waals surface area contributed by atoms with Gasteiger partial charge in [-0.15, -0.1) is 11.3 Å². The summed E-state index contributed by atoms with van der Waals surface area (Å²) in [6, 6.07) is 13.9. The molecule has 1 N–H and O–H groups in total. The van der Waals surface area contributed by atoms with Gasteiger partial charge in [0.2, 0.25) is 0 Å². The van der Waals surface area contributed by atoms with E-state index >= 15 is 0 Å². The van der Waals surface area contributed by atoms with Gasteiger partial charge in [0.15, 0.2) is 0 Å². The molecule has 0 aliphatic carbocycles. The van der Waals surface area contributed by atoms with Crippen LogP contribution in [0.5, 0.6) is 0 Å². The SMILES string of the molecule is O=C(CCNc1ccccc1)OCCc1cccs1. The minimum absolute atomic E-state index is 0.153. The first kappa shape index (κ1) is 13.6. The Hall–Kier alpha value is -1.81. The van der Waals surface area contributed by atoms with Gasteiger partial charge in [0.25, 0.3) is 0 Å². The minimum Gasteiger partial charge on any atom is -0.465 e. The van der Waals surface area contributed by atoms with Crippen LogP contribution in [-0.4, -0.2) is 19.1 Å². The first-order valence-corrected chi connectivity index (χ1v) is 7.19. The first-order chi connectivity index (χ1) is 9.34. The third kappa shape index (κ3) is 5.14. The number of carbonyl (C=O) groups is 1. The predicted octanol–water partition coefficient (Wildman–Crippen LogP) is 3.34. The van der Waals surface area contributed by atoms with E-state index in [1.165, 1.54) is 4.88 Å². The summed E-state index contributed by atoms with van der Waals surface area (Å²) in [4.78, 5) is 12.7. The van der Waals surface area contributed by atoms with E-state index in [0.717, 1.165) is 12.1 Å². The number of esters is 1. The van der Waals surface area contributed by atoms with Gasteiger partial charge in [0.1, 0.15) is 0 Å². The predicted molar refractivity (Wildman–Crippen MR) is 78.5 cm³/mol. The highest BCUT2D eigenvalue weighted by molar-refractivity contribution is 7.09. The van der Waals surface area contributed by atoms with Crippen molar-refractivity contribution in [2.45, 2.75) is 12.8 Å². The van der Waals surface area contributed by atoms with Crippen LogP contribution >= 0.6 is 11.3 Å². The molecule has 0 fully saturated rings. The van der Waals surface area contributed by atoms with E-state index in [2.05, 4.69) is 11.4 Å². The molecule has 2 aromatic rings. The van der Waals surface area contributed by atoms with E-state index in [-0.39, 0.29) is 5.97 Å². The Morgan fingerprint density at radius 3 is 2.74 bits per heavy atom. The number of nitrogens with one attached hydrogen (secondary N) is 1. The average Bonchev–Trinajstić information content (AvgIpc) is 2.93. The van der Waals surface area contributed by atoms with Crippen molar-refractivity contribution in [2.75, 3.05) is 18.5 Å². The summed E-state index contributed by atoms with van der Waals surface area (Å²) in [5, 5.41) is 5.21. The fraction of sp³-hybridized carbons (Fsp3) is 0.267. The Balaban J connectivity index is 1.57. The standard InChI is InChI=1S/C15H17NO2S/c17-15(18-11-9-14-7-4-12-19-14)8-10-16-13-5-2-1-3-6-13/h1-7,12,16H,8-11H2. The van der Waals surface area contributed by atoms with Gasteiger partial charge in [-0.25, -0.2) is 0 Å². The van der Waals surface area contributed by atoms with Gasteiger partial charge in [-0.2, -0.15) is 0 Å². The van der Waals surface area contributed by atoms with Crippen LogP contribution in [-0.2, 0) is 16.0 Å². The van der Waals surface area contributed by atoms with Crippen LogP contribution in [0.4, 0.5) is 5.69 Å². The van der Waals surface area contributed by atoms with Crippen LogP contribution in [0.3, 0.4) is 0 Å². The molecule has 3 nitrogen and oxygen atoms in total. The zero-order valence-corrected chi connectivity index (χ0v) is 11.5. The summed E-state index contributed by atoms with van der Waals surface area (Å²) in [6.07, 6.45) is 1.19. The molecule has 0 atom stereocenters. The normalized spacial score (nSPS) is 10.1. The molecule has 1 aromatic carbocycles. The second-order valence-corrected chi connectivity index (χ2v) is 5.12. The summed E-state index contributed by atoms with van der Waals surface area (Å²) >= 11 is 1.69. The van der Waals surface area contributed by atoms with E-state index in [4.69, 9.17) is 4.74 Å². The highest BCUT2D eigenvalue weighted by atomic mass is 32.1. The lowest BCUT2D eigenvalue weighted by Gasteiger charge is -2.06. The maximum absolute atomic E-state index is 11.5. The Morgan fingerprint density at radius 2 is 2.00 bits per heavy atom. The van der Waals surface area contributed by atoms with E-state index in [9.17, 15) is 4.79 Å². The van der Waals surface area contributed by atoms with Crippen LogP contribution in [0.15, 0.2) is 47.8 Å². The van der Waals surface area contributed by atoms with Crippen LogP contribution < -0.4 is 5.32 Å². The molecule has 0 radical (unpaired) electrons. The molecule has 0 aliphatic rings. The number of hydrogen-bond acceptors (Lipinski definition) is 4. The molecule has 0 spiro atoms. The van der Waals surface area contributed by atoms with Gasteiger partial charge in [-0.05, 0) is 23.6 Å². The largest absolute Gasteiger partial charge is 0.465 e. The van der Waals surface area contributed by atoms with Crippen molar-refractivity contribution >= 4 is 23.0 Å². The highest BCUT2D eigenvalue weighted by Gasteiger charge is 2.03. The van der Waals surface area contributed by atoms with Crippen molar-refractivity contribution in [3.8, 4) is 0 Å². The number of benzene rings is 1. The number of rotatable bonds is 7. The average molecular weight is 275 g/mol. The van der Waals surface area contributed by atoms with E-state index in [1.54, 1.807) is 11.3 Å². The Kier molecular flexibility index (Phi) is 5.44. The van der Waals surface area contributed by atoms with Crippen molar-refractivity contribution < 1.29 is 9.53 Å². The van der Waals surface area contributed by atoms with Gasteiger partial charge < -0.3 is 10.1 Å². The minimum atomic E-state index is -0.153. The lowest BCUT2D eigenvalue weighted by atomic mass is 10.3. The fourth-order valence-corrected chi connectivity index (χ4v) is 2.35. The van der Waals surface area contributed by atoms with E-state index in [1.807, 2.05) is 41.8 Å². The molecule has 0 aliphatic heterocycles. The molecule has 0 bridgehead atoms. The Bertz CT molecular complexity index is 482. The van der Waals surface area contributed by atoms with Crippen LogP contribution in [0.1, 0.15) is 11.3 Å². The molecule has 1 aromatic heterocycles. The molecule has 4 heteroatoms. The Morgan fingerprint density at radius 1 is 1.16 bits per heavy atom. The van der Waals surface area contributed by atoms with Crippen molar-refractivity contribution in [1.82, 2.24) is 0 Å². The van der Waals surface area contributed by atoms with Gasteiger partial charge in [-0.1, -0.05) is 24.3 Å². The van der Waals surface area contributed by atoms with Crippen LogP contribution in [0, 0.1) is 0 Å². The molecule has 0 amide bonds. The quantitative estimate of drug-likeness (QED) is 0.788. The molecule has 0 unspecified atom stereocenters. The molecule has 19 heavy (non-hydrogen) atoms. The molecular weight excluding hydrogens is 258 g/mol. The van der Waals surface area contributed by atoms with Gasteiger partial charge in [0.05, 0.1) is 13.0 Å². The number of ether oxygens (including phenoxy) is 1. The highest BCUT2D eigenvalue weighted by Crippen LogP contribution is 2.09. The zero-order chi connectivity index (χ0) is 13.3. The fourth-order valence-electron chi connectivity index (χ4n) is 1.66. The summed E-state index contributed by atoms with van der Waals surface area (Å²) < 4.78 is 5.18. The second-order valence-electron chi connectivity index (χ2n) is 4.09. The molecule has 1 heterocycles. The lowest BCUT2D eigenvalue weighted by Crippen LogP contribution is -2.12. The second kappa shape index (κ2) is 7.59. The summed E-state index contributed by atoms with van der Waals surface area (Å²) in [5.41, 5.74) is 1.02. The lowest BCUT2D eigenvalue weighted by molar-refractivity contribution is -0.143. The topological polar surface area (TPSA) is 38.3 Å². The van der Waals surface area contributed by atoms with Crippen molar-refractivity contribution in [3.05, 3.63) is 52.7 Å². The molecule has 2 rings (SSSR count). The number of hydrogen-bond donors (Lipinski definition) is 1. The van der Waals surface area contributed by atoms with Crippen molar-refractivity contribution in [3.63, 3.8) is 0 Å². The van der Waals surface area contributed by atoms with Crippen molar-refractivity contribution in [1.29, 1.82) is 0 Å². The molecular formula is C15H17NO2S. The third-order valence-electron chi connectivity index (χ3n) is 2.62. The van der Waals surface area contributed by atoms with Gasteiger partial charge in [-0.3, -0.25) is 4.79 Å². The number of anilines is 1. The number of thiophene rings is 1. The molecule has 0 saturated heterocycles. The number of carbonyl (C=O) groups excluding carboxylic acids is 1. The first-order valence-electron chi connectivity index (χ1n) is 6.31. The maximum Gasteiger partial charge on any atom is 0.307 e. The smallest absolute Gasteiger partial charge is 0.307 e. The van der Waals surface area contributed by atoms with E-state index < -0.39 is 0 Å². The van der Waals surface area contributed by atoms with Crippen molar-refractivity contribution in [2.24, 2.45) is 0 Å². The third-order valence-corrected chi connectivity index (χ3v) is 3.56. The zero-order valence-electron chi connectivity index (χ0n) is 10.7. The summed E-state index contributed by atoms with van der Waals surface area (Å²) in [6.45, 7) is 1.06. The number of para-hydroxylation sites is 1. The van der Waals surface area contributed by atoms with Gasteiger partial charge in [0, 0.05) is 23.5 Å².